The van der Waals surface area contributed by atoms with Gasteiger partial charge < -0.3 is 10.2 Å². The molecular formula is C20H21IN2O2. The molecule has 2 amide bonds. The van der Waals surface area contributed by atoms with E-state index in [0.29, 0.717) is 5.56 Å². The number of hydrogen-bond donors (Lipinski definition) is 1. The van der Waals surface area contributed by atoms with Crippen molar-refractivity contribution in [2.45, 2.75) is 25.8 Å². The Bertz CT molecular complexity index is 791. The SMILES string of the molecule is Cc1ccccc1C1CCCN1C(=O)CNC(=O)c1ccccc1I. The molecule has 1 N–H and O–H groups in total. The summed E-state index contributed by atoms with van der Waals surface area (Å²) in [4.78, 5) is 26.9. The first-order chi connectivity index (χ1) is 12.1. The Kier molecular flexibility index (Phi) is 5.73. The molecule has 5 heteroatoms. The summed E-state index contributed by atoms with van der Waals surface area (Å²) in [6.07, 6.45) is 1.97. The average Bonchev–Trinajstić information content (AvgIpc) is 3.10. The van der Waals surface area contributed by atoms with Crippen LogP contribution in [0.2, 0.25) is 0 Å². The van der Waals surface area contributed by atoms with Gasteiger partial charge in [0.25, 0.3) is 5.91 Å². The monoisotopic (exact) mass is 448 g/mol. The van der Waals surface area contributed by atoms with Crippen molar-refractivity contribution in [1.82, 2.24) is 10.2 Å². The van der Waals surface area contributed by atoms with Gasteiger partial charge in [0.05, 0.1) is 18.2 Å². The Morgan fingerprint density at radius 1 is 1.16 bits per heavy atom. The number of carbonyl (C=O) groups excluding carboxylic acids is 2. The standard InChI is InChI=1S/C20H21IN2O2/c1-14-7-2-3-8-15(14)18-11-6-12-23(18)19(24)13-22-20(25)16-9-4-5-10-17(16)21/h2-5,7-10,18H,6,11-13H2,1H3,(H,22,25). The van der Waals surface area contributed by atoms with Crippen LogP contribution < -0.4 is 5.32 Å². The Labute approximate surface area is 161 Å². The molecule has 2 aromatic rings. The molecule has 1 fully saturated rings. The fourth-order valence-electron chi connectivity index (χ4n) is 3.35. The first-order valence-corrected chi connectivity index (χ1v) is 9.53. The Morgan fingerprint density at radius 3 is 2.64 bits per heavy atom. The molecule has 0 saturated carbocycles. The molecule has 0 bridgehead atoms. The van der Waals surface area contributed by atoms with Gasteiger partial charge in [-0.2, -0.15) is 0 Å². The number of benzene rings is 2. The molecule has 130 valence electrons. The van der Waals surface area contributed by atoms with Gasteiger partial charge in [0, 0.05) is 10.1 Å². The first kappa shape index (κ1) is 17.9. The summed E-state index contributed by atoms with van der Waals surface area (Å²) in [5, 5.41) is 2.77. The highest BCUT2D eigenvalue weighted by Gasteiger charge is 2.30. The first-order valence-electron chi connectivity index (χ1n) is 8.45. The Balaban J connectivity index is 1.66. The second-order valence-electron chi connectivity index (χ2n) is 6.26. The number of hydrogen-bond acceptors (Lipinski definition) is 2. The number of rotatable bonds is 4. The maximum absolute atomic E-state index is 12.7. The van der Waals surface area contributed by atoms with Crippen LogP contribution >= 0.6 is 22.6 Å². The Hall–Kier alpha value is -1.89. The van der Waals surface area contributed by atoms with Crippen LogP contribution in [0.25, 0.3) is 0 Å². The minimum Gasteiger partial charge on any atom is -0.343 e. The lowest BCUT2D eigenvalue weighted by Crippen LogP contribution is -2.40. The fourth-order valence-corrected chi connectivity index (χ4v) is 3.98. The summed E-state index contributed by atoms with van der Waals surface area (Å²) in [5.41, 5.74) is 3.01. The summed E-state index contributed by atoms with van der Waals surface area (Å²) >= 11 is 2.13. The molecule has 4 nitrogen and oxygen atoms in total. The van der Waals surface area contributed by atoms with Gasteiger partial charge in [0.15, 0.2) is 0 Å². The number of carbonyl (C=O) groups is 2. The van der Waals surface area contributed by atoms with E-state index in [4.69, 9.17) is 0 Å². The van der Waals surface area contributed by atoms with Crippen molar-refractivity contribution in [2.75, 3.05) is 13.1 Å². The van der Waals surface area contributed by atoms with Crippen molar-refractivity contribution in [3.63, 3.8) is 0 Å². The summed E-state index contributed by atoms with van der Waals surface area (Å²) < 4.78 is 0.879. The van der Waals surface area contributed by atoms with E-state index in [1.807, 2.05) is 35.2 Å². The van der Waals surface area contributed by atoms with Crippen LogP contribution in [-0.4, -0.2) is 29.8 Å². The van der Waals surface area contributed by atoms with E-state index in [2.05, 4.69) is 47.0 Å². The van der Waals surface area contributed by atoms with E-state index >= 15 is 0 Å². The number of halogens is 1. The molecule has 1 saturated heterocycles. The van der Waals surface area contributed by atoms with Crippen LogP contribution in [-0.2, 0) is 4.79 Å². The molecule has 2 aromatic carbocycles. The Morgan fingerprint density at radius 2 is 1.88 bits per heavy atom. The number of aryl methyl sites for hydroxylation is 1. The summed E-state index contributed by atoms with van der Waals surface area (Å²) in [5.74, 6) is -0.227. The van der Waals surface area contributed by atoms with E-state index in [1.165, 1.54) is 11.1 Å². The van der Waals surface area contributed by atoms with Crippen LogP contribution in [0.4, 0.5) is 0 Å². The zero-order chi connectivity index (χ0) is 17.8. The van der Waals surface area contributed by atoms with Crippen LogP contribution in [0, 0.1) is 10.5 Å². The molecule has 3 rings (SSSR count). The molecule has 0 aliphatic carbocycles. The van der Waals surface area contributed by atoms with Crippen LogP contribution in [0.3, 0.4) is 0 Å². The highest BCUT2D eigenvalue weighted by Crippen LogP contribution is 2.33. The predicted octanol–water partition coefficient (Wildman–Crippen LogP) is 3.69. The van der Waals surface area contributed by atoms with Crippen molar-refractivity contribution >= 4 is 34.4 Å². The fraction of sp³-hybridized carbons (Fsp3) is 0.300. The number of likely N-dealkylation sites (tertiary alicyclic amines) is 1. The quantitative estimate of drug-likeness (QED) is 0.726. The zero-order valence-electron chi connectivity index (χ0n) is 14.2. The van der Waals surface area contributed by atoms with Gasteiger partial charge in [-0.1, -0.05) is 36.4 Å². The maximum Gasteiger partial charge on any atom is 0.252 e. The molecule has 1 heterocycles. The summed E-state index contributed by atoms with van der Waals surface area (Å²) in [6.45, 7) is 2.86. The molecule has 1 unspecified atom stereocenters. The predicted molar refractivity (Wildman–Crippen MR) is 106 cm³/mol. The molecule has 25 heavy (non-hydrogen) atoms. The van der Waals surface area contributed by atoms with Gasteiger partial charge in [-0.3, -0.25) is 9.59 Å². The van der Waals surface area contributed by atoms with Gasteiger partial charge in [-0.15, -0.1) is 0 Å². The van der Waals surface area contributed by atoms with Crippen molar-refractivity contribution in [1.29, 1.82) is 0 Å². The third kappa shape index (κ3) is 4.03. The van der Waals surface area contributed by atoms with Crippen molar-refractivity contribution in [3.05, 3.63) is 68.8 Å². The van der Waals surface area contributed by atoms with E-state index in [-0.39, 0.29) is 24.4 Å². The lowest BCUT2D eigenvalue weighted by atomic mass is 9.99. The van der Waals surface area contributed by atoms with E-state index in [1.54, 1.807) is 6.07 Å². The van der Waals surface area contributed by atoms with Crippen molar-refractivity contribution < 1.29 is 9.59 Å². The molecule has 0 aromatic heterocycles. The van der Waals surface area contributed by atoms with Gasteiger partial charge in [0.2, 0.25) is 5.91 Å². The average molecular weight is 448 g/mol. The van der Waals surface area contributed by atoms with E-state index in [9.17, 15) is 9.59 Å². The minimum atomic E-state index is -0.204. The van der Waals surface area contributed by atoms with E-state index < -0.39 is 0 Å². The second-order valence-corrected chi connectivity index (χ2v) is 7.43. The van der Waals surface area contributed by atoms with Crippen LogP contribution in [0.5, 0.6) is 0 Å². The molecule has 1 aliphatic heterocycles. The number of nitrogens with one attached hydrogen (secondary N) is 1. The number of nitrogens with zero attached hydrogens (tertiary/aromatic N) is 1. The molecule has 1 aliphatic rings. The highest BCUT2D eigenvalue weighted by molar-refractivity contribution is 14.1. The highest BCUT2D eigenvalue weighted by atomic mass is 127. The molecule has 0 radical (unpaired) electrons. The summed E-state index contributed by atoms with van der Waals surface area (Å²) in [7, 11) is 0. The van der Waals surface area contributed by atoms with Crippen molar-refractivity contribution in [3.8, 4) is 0 Å². The molecule has 1 atom stereocenters. The van der Waals surface area contributed by atoms with Crippen LogP contribution in [0.1, 0.15) is 40.4 Å². The largest absolute Gasteiger partial charge is 0.343 e. The van der Waals surface area contributed by atoms with Crippen molar-refractivity contribution in [2.24, 2.45) is 0 Å². The lowest BCUT2D eigenvalue weighted by molar-refractivity contribution is -0.131. The zero-order valence-corrected chi connectivity index (χ0v) is 16.3. The maximum atomic E-state index is 12.7. The topological polar surface area (TPSA) is 49.4 Å². The normalized spacial score (nSPS) is 16.7. The van der Waals surface area contributed by atoms with Crippen LogP contribution in [0.15, 0.2) is 48.5 Å². The number of amides is 2. The van der Waals surface area contributed by atoms with Gasteiger partial charge in [-0.05, 0) is 65.6 Å². The summed E-state index contributed by atoms with van der Waals surface area (Å²) in [6, 6.07) is 15.7. The third-order valence-electron chi connectivity index (χ3n) is 4.64. The van der Waals surface area contributed by atoms with Gasteiger partial charge in [-0.25, -0.2) is 0 Å². The minimum absolute atomic E-state index is 0.0231. The second kappa shape index (κ2) is 7.99. The smallest absolute Gasteiger partial charge is 0.252 e. The van der Waals surface area contributed by atoms with Gasteiger partial charge in [0.1, 0.15) is 0 Å². The van der Waals surface area contributed by atoms with Gasteiger partial charge >= 0.3 is 0 Å². The molecular weight excluding hydrogens is 427 g/mol. The molecule has 0 spiro atoms. The van der Waals surface area contributed by atoms with E-state index in [0.717, 1.165) is 23.0 Å². The lowest BCUT2D eigenvalue weighted by Gasteiger charge is -2.26. The third-order valence-corrected chi connectivity index (χ3v) is 5.58.